The number of nitrogens with one attached hydrogen (secondary N) is 2. The van der Waals surface area contributed by atoms with E-state index in [1.165, 1.54) is 12.1 Å². The van der Waals surface area contributed by atoms with Gasteiger partial charge in [-0.05, 0) is 35.7 Å². The zero-order chi connectivity index (χ0) is 16.5. The van der Waals surface area contributed by atoms with Crippen molar-refractivity contribution in [1.82, 2.24) is 10.6 Å². The van der Waals surface area contributed by atoms with Crippen LogP contribution < -0.4 is 15.4 Å². The average Bonchev–Trinajstić information content (AvgIpc) is 2.58. The first-order valence-electron chi connectivity index (χ1n) is 7.54. The molecule has 0 saturated carbocycles. The number of ether oxygens (including phenoxy) is 1. The van der Waals surface area contributed by atoms with Crippen LogP contribution in [0.5, 0.6) is 5.75 Å². The molecule has 0 unspecified atom stereocenters. The molecule has 0 fully saturated rings. The van der Waals surface area contributed by atoms with Gasteiger partial charge in [-0.3, -0.25) is 4.99 Å². The summed E-state index contributed by atoms with van der Waals surface area (Å²) in [5, 5.41) is 6.41. The van der Waals surface area contributed by atoms with Crippen molar-refractivity contribution in [2.45, 2.75) is 13.0 Å². The summed E-state index contributed by atoms with van der Waals surface area (Å²) < 4.78 is 18.5. The molecule has 0 aliphatic rings. The van der Waals surface area contributed by atoms with Crippen LogP contribution in [0.1, 0.15) is 11.1 Å². The molecule has 0 aliphatic heterocycles. The number of methoxy groups -OCH3 is 1. The monoisotopic (exact) mass is 315 g/mol. The van der Waals surface area contributed by atoms with Crippen LogP contribution in [0.15, 0.2) is 53.5 Å². The molecule has 122 valence electrons. The van der Waals surface area contributed by atoms with Gasteiger partial charge in [-0.2, -0.15) is 0 Å². The van der Waals surface area contributed by atoms with Crippen molar-refractivity contribution in [3.63, 3.8) is 0 Å². The second-order valence-electron chi connectivity index (χ2n) is 5.04. The van der Waals surface area contributed by atoms with Gasteiger partial charge in [0, 0.05) is 20.1 Å². The molecule has 2 N–H and O–H groups in total. The van der Waals surface area contributed by atoms with E-state index in [4.69, 9.17) is 4.74 Å². The van der Waals surface area contributed by atoms with Gasteiger partial charge in [-0.1, -0.05) is 30.3 Å². The Labute approximate surface area is 136 Å². The molecule has 0 aliphatic carbocycles. The largest absolute Gasteiger partial charge is 0.496 e. The smallest absolute Gasteiger partial charge is 0.191 e. The van der Waals surface area contributed by atoms with Crippen LogP contribution in [-0.2, 0) is 13.0 Å². The lowest BCUT2D eigenvalue weighted by molar-refractivity contribution is 0.409. The summed E-state index contributed by atoms with van der Waals surface area (Å²) in [6.07, 6.45) is 0.824. The van der Waals surface area contributed by atoms with Crippen molar-refractivity contribution >= 4 is 5.96 Å². The Morgan fingerprint density at radius 1 is 1.13 bits per heavy atom. The summed E-state index contributed by atoms with van der Waals surface area (Å²) in [6.45, 7) is 1.25. The van der Waals surface area contributed by atoms with E-state index in [1.807, 2.05) is 30.3 Å². The molecule has 2 aromatic carbocycles. The fourth-order valence-electron chi connectivity index (χ4n) is 2.28. The highest BCUT2D eigenvalue weighted by Crippen LogP contribution is 2.17. The third-order valence-electron chi connectivity index (χ3n) is 3.45. The van der Waals surface area contributed by atoms with Gasteiger partial charge >= 0.3 is 0 Å². The number of rotatable bonds is 6. The van der Waals surface area contributed by atoms with Gasteiger partial charge < -0.3 is 15.4 Å². The van der Waals surface area contributed by atoms with Crippen LogP contribution in [0, 0.1) is 5.82 Å². The molecule has 0 saturated heterocycles. The van der Waals surface area contributed by atoms with Crippen molar-refractivity contribution in [3.8, 4) is 5.75 Å². The minimum atomic E-state index is -0.233. The minimum Gasteiger partial charge on any atom is -0.496 e. The molecule has 2 rings (SSSR count). The van der Waals surface area contributed by atoms with E-state index in [0.717, 1.165) is 29.8 Å². The highest BCUT2D eigenvalue weighted by molar-refractivity contribution is 5.79. The van der Waals surface area contributed by atoms with Crippen molar-refractivity contribution in [2.24, 2.45) is 4.99 Å². The second-order valence-corrected chi connectivity index (χ2v) is 5.04. The second kappa shape index (κ2) is 8.78. The predicted octanol–water partition coefficient (Wildman–Crippen LogP) is 2.74. The summed E-state index contributed by atoms with van der Waals surface area (Å²) >= 11 is 0. The zero-order valence-corrected chi connectivity index (χ0v) is 13.5. The maximum Gasteiger partial charge on any atom is 0.191 e. The fourth-order valence-corrected chi connectivity index (χ4v) is 2.28. The van der Waals surface area contributed by atoms with Crippen LogP contribution in [-0.4, -0.2) is 26.7 Å². The highest BCUT2D eigenvalue weighted by atomic mass is 19.1. The van der Waals surface area contributed by atoms with Crippen LogP contribution in [0.4, 0.5) is 4.39 Å². The summed E-state index contributed by atoms with van der Waals surface area (Å²) in [5.41, 5.74) is 2.01. The molecule has 23 heavy (non-hydrogen) atoms. The summed E-state index contributed by atoms with van der Waals surface area (Å²) in [5.74, 6) is 1.34. The topological polar surface area (TPSA) is 45.7 Å². The number of halogens is 1. The lowest BCUT2D eigenvalue weighted by Crippen LogP contribution is -2.37. The molecule has 4 nitrogen and oxygen atoms in total. The highest BCUT2D eigenvalue weighted by Gasteiger charge is 2.03. The molecule has 0 atom stereocenters. The van der Waals surface area contributed by atoms with Gasteiger partial charge in [0.1, 0.15) is 11.6 Å². The third-order valence-corrected chi connectivity index (χ3v) is 3.45. The first kappa shape index (κ1) is 16.8. The Morgan fingerprint density at radius 2 is 1.96 bits per heavy atom. The normalized spacial score (nSPS) is 11.2. The SMILES string of the molecule is CN=C(NCCc1ccccc1OC)NCc1cccc(F)c1. The fraction of sp³-hybridized carbons (Fsp3) is 0.278. The Hall–Kier alpha value is -2.56. The van der Waals surface area contributed by atoms with E-state index < -0.39 is 0 Å². The number of guanidine groups is 1. The molecule has 2 aromatic rings. The Balaban J connectivity index is 1.81. The van der Waals surface area contributed by atoms with Gasteiger partial charge in [0.2, 0.25) is 0 Å². The van der Waals surface area contributed by atoms with Crippen molar-refractivity contribution < 1.29 is 9.13 Å². The van der Waals surface area contributed by atoms with Gasteiger partial charge in [0.15, 0.2) is 5.96 Å². The van der Waals surface area contributed by atoms with E-state index in [0.29, 0.717) is 12.5 Å². The van der Waals surface area contributed by atoms with Crippen LogP contribution in [0.25, 0.3) is 0 Å². The Morgan fingerprint density at radius 3 is 2.70 bits per heavy atom. The predicted molar refractivity (Wildman–Crippen MR) is 91.3 cm³/mol. The van der Waals surface area contributed by atoms with E-state index in [9.17, 15) is 4.39 Å². The number of aliphatic imine (C=N–C) groups is 1. The molecular formula is C18H22FN3O. The van der Waals surface area contributed by atoms with Gasteiger partial charge in [-0.25, -0.2) is 4.39 Å². The Bertz CT molecular complexity index is 658. The minimum absolute atomic E-state index is 0.233. The number of para-hydroxylation sites is 1. The summed E-state index contributed by atoms with van der Waals surface area (Å²) in [6, 6.07) is 14.5. The lowest BCUT2D eigenvalue weighted by Gasteiger charge is -2.13. The first-order chi connectivity index (χ1) is 11.2. The van der Waals surface area contributed by atoms with Crippen LogP contribution in [0.3, 0.4) is 0 Å². The number of hydrogen-bond acceptors (Lipinski definition) is 2. The van der Waals surface area contributed by atoms with Gasteiger partial charge in [0.25, 0.3) is 0 Å². The van der Waals surface area contributed by atoms with E-state index in [2.05, 4.69) is 15.6 Å². The summed E-state index contributed by atoms with van der Waals surface area (Å²) in [7, 11) is 3.38. The van der Waals surface area contributed by atoms with E-state index in [1.54, 1.807) is 20.2 Å². The number of nitrogens with zero attached hydrogens (tertiary/aromatic N) is 1. The zero-order valence-electron chi connectivity index (χ0n) is 13.5. The maximum atomic E-state index is 13.1. The summed E-state index contributed by atoms with van der Waals surface area (Å²) in [4.78, 5) is 4.17. The lowest BCUT2D eigenvalue weighted by atomic mass is 10.1. The van der Waals surface area contributed by atoms with Crippen LogP contribution in [0.2, 0.25) is 0 Å². The van der Waals surface area contributed by atoms with Gasteiger partial charge in [-0.15, -0.1) is 0 Å². The number of hydrogen-bond donors (Lipinski definition) is 2. The van der Waals surface area contributed by atoms with E-state index >= 15 is 0 Å². The van der Waals surface area contributed by atoms with E-state index in [-0.39, 0.29) is 5.82 Å². The molecule has 0 amide bonds. The molecule has 0 aromatic heterocycles. The van der Waals surface area contributed by atoms with Crippen molar-refractivity contribution in [1.29, 1.82) is 0 Å². The van der Waals surface area contributed by atoms with Crippen LogP contribution >= 0.6 is 0 Å². The quantitative estimate of drug-likeness (QED) is 0.636. The third kappa shape index (κ3) is 5.29. The maximum absolute atomic E-state index is 13.1. The average molecular weight is 315 g/mol. The van der Waals surface area contributed by atoms with Gasteiger partial charge in [0.05, 0.1) is 7.11 Å². The molecule has 0 heterocycles. The Kier molecular flexibility index (Phi) is 6.41. The first-order valence-corrected chi connectivity index (χ1v) is 7.54. The standard InChI is InChI=1S/C18H22FN3O/c1-20-18(22-13-14-6-5-8-16(19)12-14)21-11-10-15-7-3-4-9-17(15)23-2/h3-9,12H,10-11,13H2,1-2H3,(H2,20,21,22). The molecule has 0 bridgehead atoms. The molecule has 0 spiro atoms. The van der Waals surface area contributed by atoms with Crippen molar-refractivity contribution in [2.75, 3.05) is 20.7 Å². The molecule has 0 radical (unpaired) electrons. The molecule has 5 heteroatoms. The number of benzene rings is 2. The van der Waals surface area contributed by atoms with Crippen molar-refractivity contribution in [3.05, 3.63) is 65.5 Å². The molecular weight excluding hydrogens is 293 g/mol.